The first-order valence-corrected chi connectivity index (χ1v) is 11.7. The van der Waals surface area contributed by atoms with Crippen molar-refractivity contribution >= 4 is 52.1 Å². The second-order valence-electron chi connectivity index (χ2n) is 8.95. The van der Waals surface area contributed by atoms with Crippen molar-refractivity contribution in [2.24, 2.45) is 0 Å². The Morgan fingerprint density at radius 2 is 1.59 bits per heavy atom. The summed E-state index contributed by atoms with van der Waals surface area (Å²) in [7, 11) is 0. The summed E-state index contributed by atoms with van der Waals surface area (Å²) >= 11 is 0. The maximum atomic E-state index is 13.4. The molecule has 37 heavy (non-hydrogen) atoms. The van der Waals surface area contributed by atoms with E-state index >= 15 is 0 Å². The van der Waals surface area contributed by atoms with Gasteiger partial charge in [-0.1, -0.05) is 42.5 Å². The van der Waals surface area contributed by atoms with Crippen LogP contribution in [-0.4, -0.2) is 28.3 Å². The van der Waals surface area contributed by atoms with Crippen molar-refractivity contribution in [1.29, 1.82) is 0 Å². The van der Waals surface area contributed by atoms with E-state index < -0.39 is 17.8 Å². The Morgan fingerprint density at radius 3 is 2.32 bits per heavy atom. The van der Waals surface area contributed by atoms with Crippen LogP contribution in [0.2, 0.25) is 0 Å². The van der Waals surface area contributed by atoms with E-state index in [9.17, 15) is 19.2 Å². The Kier molecular flexibility index (Phi) is 6.15. The molecule has 4 aromatic rings. The fourth-order valence-corrected chi connectivity index (χ4v) is 4.52. The highest BCUT2D eigenvalue weighted by Crippen LogP contribution is 2.27. The number of imide groups is 2. The van der Waals surface area contributed by atoms with Crippen LogP contribution in [0.3, 0.4) is 0 Å². The summed E-state index contributed by atoms with van der Waals surface area (Å²) < 4.78 is 1.76. The van der Waals surface area contributed by atoms with Crippen molar-refractivity contribution in [2.75, 3.05) is 10.2 Å². The summed E-state index contributed by atoms with van der Waals surface area (Å²) in [4.78, 5) is 52.4. The van der Waals surface area contributed by atoms with Gasteiger partial charge in [0.2, 0.25) is 5.91 Å². The summed E-state index contributed by atoms with van der Waals surface area (Å²) in [6.07, 6.45) is 3.19. The monoisotopic (exact) mass is 492 g/mol. The second kappa shape index (κ2) is 9.58. The Bertz CT molecular complexity index is 1580. The highest BCUT2D eigenvalue weighted by atomic mass is 16.2. The molecule has 2 N–H and O–H groups in total. The molecule has 0 radical (unpaired) electrons. The van der Waals surface area contributed by atoms with Crippen LogP contribution in [-0.2, 0) is 20.9 Å². The molecule has 0 bridgehead atoms. The number of aromatic nitrogens is 1. The number of hydrogen-bond donors (Lipinski definition) is 2. The molecule has 0 aliphatic carbocycles. The minimum Gasteiger partial charge on any atom is -0.337 e. The fourth-order valence-electron chi connectivity index (χ4n) is 4.52. The zero-order chi connectivity index (χ0) is 26.1. The number of nitrogens with zero attached hydrogens (tertiary/aromatic N) is 2. The summed E-state index contributed by atoms with van der Waals surface area (Å²) in [6, 6.07) is 21.1. The molecule has 0 spiro atoms. The van der Waals surface area contributed by atoms with Crippen LogP contribution in [0.4, 0.5) is 16.2 Å². The molecule has 5 rings (SSSR count). The van der Waals surface area contributed by atoms with E-state index in [-0.39, 0.29) is 18.0 Å². The van der Waals surface area contributed by atoms with Gasteiger partial charge in [0, 0.05) is 28.4 Å². The number of rotatable bonds is 5. The molecule has 8 nitrogen and oxygen atoms in total. The first kappa shape index (κ1) is 23.7. The van der Waals surface area contributed by atoms with Crippen LogP contribution in [0.5, 0.6) is 0 Å². The maximum Gasteiger partial charge on any atom is 0.335 e. The Hall–Kier alpha value is -4.98. The van der Waals surface area contributed by atoms with Crippen molar-refractivity contribution in [1.82, 2.24) is 9.88 Å². The maximum absolute atomic E-state index is 13.4. The molecule has 184 valence electrons. The third-order valence-corrected chi connectivity index (χ3v) is 6.06. The normalized spacial score (nSPS) is 14.8. The lowest BCUT2D eigenvalue weighted by Crippen LogP contribution is -2.54. The zero-order valence-electron chi connectivity index (χ0n) is 20.3. The van der Waals surface area contributed by atoms with Crippen molar-refractivity contribution in [3.8, 4) is 0 Å². The Balaban J connectivity index is 1.50. The summed E-state index contributed by atoms with van der Waals surface area (Å²) in [5, 5.41) is 5.89. The molecule has 1 saturated heterocycles. The topological polar surface area (TPSA) is 101 Å². The summed E-state index contributed by atoms with van der Waals surface area (Å²) in [5.74, 6) is -1.70. The number of barbiturate groups is 1. The highest BCUT2D eigenvalue weighted by molar-refractivity contribution is 6.39. The number of carbonyl (C=O) groups is 4. The van der Waals surface area contributed by atoms with Crippen molar-refractivity contribution in [2.45, 2.75) is 20.4 Å². The van der Waals surface area contributed by atoms with Gasteiger partial charge in [0.15, 0.2) is 0 Å². The van der Waals surface area contributed by atoms with Gasteiger partial charge in [-0.3, -0.25) is 19.7 Å². The van der Waals surface area contributed by atoms with E-state index in [1.54, 1.807) is 35.0 Å². The van der Waals surface area contributed by atoms with Crippen LogP contribution in [0.15, 0.2) is 84.6 Å². The predicted octanol–water partition coefficient (Wildman–Crippen LogP) is 4.56. The zero-order valence-corrected chi connectivity index (χ0v) is 20.3. The fraction of sp³-hybridized carbons (Fsp3) is 0.103. The molecule has 5 amide bonds. The van der Waals surface area contributed by atoms with Crippen LogP contribution in [0.25, 0.3) is 17.0 Å². The number of hydrogen-bond acceptors (Lipinski definition) is 4. The number of nitrogens with one attached hydrogen (secondary N) is 2. The lowest BCUT2D eigenvalue weighted by molar-refractivity contribution is -0.122. The first-order valence-electron chi connectivity index (χ1n) is 11.7. The van der Waals surface area contributed by atoms with Gasteiger partial charge in [-0.25, -0.2) is 9.69 Å². The standard InChI is InChI=1S/C29H24N4O4/c1-18-12-19(2)14-22(13-18)33-28(36)24(27(35)31-29(33)37)15-20-16-32(25-11-7-6-10-23(20)25)17-26(34)30-21-8-4-3-5-9-21/h3-16H,17H2,1-2H3,(H,30,34)(H,31,35,37). The van der Waals surface area contributed by atoms with Crippen LogP contribution in [0, 0.1) is 13.8 Å². The van der Waals surface area contributed by atoms with Gasteiger partial charge < -0.3 is 9.88 Å². The van der Waals surface area contributed by atoms with E-state index in [4.69, 9.17) is 0 Å². The molecule has 8 heteroatoms. The molecule has 1 aliphatic heterocycles. The number of aryl methyl sites for hydroxylation is 2. The Labute approximate surface area is 213 Å². The average molecular weight is 493 g/mol. The van der Waals surface area contributed by atoms with E-state index in [1.807, 2.05) is 62.4 Å². The van der Waals surface area contributed by atoms with Gasteiger partial charge in [0.05, 0.1) is 5.69 Å². The van der Waals surface area contributed by atoms with Gasteiger partial charge in [0.1, 0.15) is 12.1 Å². The first-order chi connectivity index (χ1) is 17.8. The third kappa shape index (κ3) is 4.77. The summed E-state index contributed by atoms with van der Waals surface area (Å²) in [6.45, 7) is 3.77. The largest absolute Gasteiger partial charge is 0.337 e. The van der Waals surface area contributed by atoms with Crippen molar-refractivity contribution in [3.63, 3.8) is 0 Å². The minimum atomic E-state index is -0.794. The van der Waals surface area contributed by atoms with Crippen LogP contribution < -0.4 is 15.5 Å². The van der Waals surface area contributed by atoms with Gasteiger partial charge >= 0.3 is 6.03 Å². The predicted molar refractivity (Wildman–Crippen MR) is 142 cm³/mol. The minimum absolute atomic E-state index is 0.0336. The number of benzene rings is 3. The molecule has 2 heterocycles. The number of urea groups is 1. The molecule has 1 aromatic heterocycles. The lowest BCUT2D eigenvalue weighted by atomic mass is 10.0. The SMILES string of the molecule is Cc1cc(C)cc(N2C(=O)NC(=O)C(=Cc3cn(CC(=O)Nc4ccccc4)c4ccccc34)C2=O)c1. The number of fused-ring (bicyclic) bond motifs is 1. The summed E-state index contributed by atoms with van der Waals surface area (Å²) in [5.41, 5.74) is 4.02. The molecule has 3 aromatic carbocycles. The van der Waals surface area contributed by atoms with E-state index in [2.05, 4.69) is 10.6 Å². The van der Waals surface area contributed by atoms with Crippen LogP contribution >= 0.6 is 0 Å². The van der Waals surface area contributed by atoms with Gasteiger partial charge in [-0.2, -0.15) is 0 Å². The van der Waals surface area contributed by atoms with Crippen LogP contribution in [0.1, 0.15) is 16.7 Å². The molecule has 1 aliphatic rings. The van der Waals surface area contributed by atoms with Gasteiger partial charge in [-0.15, -0.1) is 0 Å². The molecule has 0 saturated carbocycles. The number of para-hydroxylation sites is 2. The quantitative estimate of drug-likeness (QED) is 0.315. The third-order valence-electron chi connectivity index (χ3n) is 6.06. The average Bonchev–Trinajstić information content (AvgIpc) is 3.18. The molecule has 0 unspecified atom stereocenters. The number of carbonyl (C=O) groups excluding carboxylic acids is 4. The molecule has 0 atom stereocenters. The van der Waals surface area contributed by atoms with Crippen molar-refractivity contribution in [3.05, 3.63) is 101 Å². The van der Waals surface area contributed by atoms with Gasteiger partial charge in [0.25, 0.3) is 11.8 Å². The number of amides is 5. The molecule has 1 fully saturated rings. The van der Waals surface area contributed by atoms with E-state index in [1.165, 1.54) is 6.08 Å². The smallest absolute Gasteiger partial charge is 0.335 e. The van der Waals surface area contributed by atoms with E-state index in [0.717, 1.165) is 26.9 Å². The van der Waals surface area contributed by atoms with E-state index in [0.29, 0.717) is 16.9 Å². The Morgan fingerprint density at radius 1 is 0.919 bits per heavy atom. The van der Waals surface area contributed by atoms with Crippen molar-refractivity contribution < 1.29 is 19.2 Å². The number of anilines is 2. The molecular formula is C29H24N4O4. The lowest BCUT2D eigenvalue weighted by Gasteiger charge is -2.26. The second-order valence-corrected chi connectivity index (χ2v) is 8.95. The molecular weight excluding hydrogens is 468 g/mol. The highest BCUT2D eigenvalue weighted by Gasteiger charge is 2.37. The van der Waals surface area contributed by atoms with Gasteiger partial charge in [-0.05, 0) is 61.4 Å².